The number of benzene rings is 2. The smallest absolute Gasteiger partial charge is 0.267 e. The fourth-order valence-electron chi connectivity index (χ4n) is 2.07. The van der Waals surface area contributed by atoms with Crippen LogP contribution in [0.25, 0.3) is 6.08 Å². The molecule has 0 radical (unpaired) electrons. The molecule has 1 aliphatic rings. The third-order valence-electron chi connectivity index (χ3n) is 3.28. The Balaban J connectivity index is 1.79. The molecule has 8 heteroatoms. The van der Waals surface area contributed by atoms with Gasteiger partial charge in [-0.25, -0.2) is 0 Å². The first-order valence-corrected chi connectivity index (χ1v) is 9.03. The molecular formula is C17H10Cl2N2O2S2. The van der Waals surface area contributed by atoms with Crippen molar-refractivity contribution in [1.29, 1.82) is 0 Å². The number of rotatable bonds is 3. The molecule has 0 spiro atoms. The molecule has 0 aliphatic carbocycles. The number of nitrogens with one attached hydrogen (secondary N) is 1. The van der Waals surface area contributed by atoms with E-state index in [1.807, 2.05) is 0 Å². The van der Waals surface area contributed by atoms with Gasteiger partial charge in [0, 0.05) is 5.56 Å². The molecule has 0 unspecified atom stereocenters. The van der Waals surface area contributed by atoms with Crippen LogP contribution in [0.1, 0.15) is 15.9 Å². The Kier molecular flexibility index (Phi) is 5.44. The standard InChI is InChI=1S/C17H10Cl2N2O2S2/c18-12-7-6-10(8-13(12)19)9-14-16(23)21(17(24)25-14)20-15(22)11-4-2-1-3-5-11/h1-9H,(H,20,22). The average Bonchev–Trinajstić information content (AvgIpc) is 2.86. The number of amides is 2. The number of carbonyl (C=O) groups excluding carboxylic acids is 2. The van der Waals surface area contributed by atoms with Crippen LogP contribution < -0.4 is 5.43 Å². The van der Waals surface area contributed by atoms with Crippen LogP contribution in [0.4, 0.5) is 0 Å². The minimum Gasteiger partial charge on any atom is -0.267 e. The average molecular weight is 409 g/mol. The molecule has 2 aromatic carbocycles. The Labute approximate surface area is 163 Å². The molecule has 0 saturated carbocycles. The summed E-state index contributed by atoms with van der Waals surface area (Å²) in [5.41, 5.74) is 3.67. The van der Waals surface area contributed by atoms with Gasteiger partial charge in [-0.1, -0.05) is 59.2 Å². The normalized spacial score (nSPS) is 15.8. The van der Waals surface area contributed by atoms with Crippen molar-refractivity contribution < 1.29 is 9.59 Å². The predicted molar refractivity (Wildman–Crippen MR) is 105 cm³/mol. The number of nitrogens with zero attached hydrogens (tertiary/aromatic N) is 1. The molecule has 1 saturated heterocycles. The third kappa shape index (κ3) is 4.04. The molecule has 4 nitrogen and oxygen atoms in total. The molecule has 1 fully saturated rings. The van der Waals surface area contributed by atoms with E-state index in [-0.39, 0.29) is 4.32 Å². The first-order valence-electron chi connectivity index (χ1n) is 7.05. The highest BCUT2D eigenvalue weighted by atomic mass is 35.5. The van der Waals surface area contributed by atoms with Crippen LogP contribution in [0.5, 0.6) is 0 Å². The van der Waals surface area contributed by atoms with E-state index < -0.39 is 11.8 Å². The van der Waals surface area contributed by atoms with E-state index in [1.54, 1.807) is 54.6 Å². The molecule has 25 heavy (non-hydrogen) atoms. The predicted octanol–water partition coefficient (Wildman–Crippen LogP) is 4.54. The fourth-order valence-corrected chi connectivity index (χ4v) is 3.56. The zero-order valence-electron chi connectivity index (χ0n) is 12.5. The van der Waals surface area contributed by atoms with Crippen molar-refractivity contribution in [3.8, 4) is 0 Å². The maximum atomic E-state index is 12.5. The van der Waals surface area contributed by atoms with Gasteiger partial charge in [0.15, 0.2) is 4.32 Å². The van der Waals surface area contributed by atoms with E-state index in [2.05, 4.69) is 5.43 Å². The molecule has 2 aromatic rings. The SMILES string of the molecule is O=C(NN1C(=O)C(=Cc2ccc(Cl)c(Cl)c2)SC1=S)c1ccccc1. The topological polar surface area (TPSA) is 49.4 Å². The van der Waals surface area contributed by atoms with Crippen LogP contribution >= 0.6 is 47.2 Å². The summed E-state index contributed by atoms with van der Waals surface area (Å²) in [6.45, 7) is 0. The van der Waals surface area contributed by atoms with Gasteiger partial charge in [-0.05, 0) is 48.1 Å². The van der Waals surface area contributed by atoms with Crippen molar-refractivity contribution in [2.24, 2.45) is 0 Å². The van der Waals surface area contributed by atoms with Gasteiger partial charge in [-0.2, -0.15) is 5.01 Å². The molecule has 126 valence electrons. The molecule has 2 amide bonds. The molecule has 3 rings (SSSR count). The van der Waals surface area contributed by atoms with Crippen molar-refractivity contribution in [3.63, 3.8) is 0 Å². The molecule has 1 heterocycles. The van der Waals surface area contributed by atoms with Crippen molar-refractivity contribution in [3.05, 3.63) is 74.6 Å². The summed E-state index contributed by atoms with van der Waals surface area (Å²) >= 11 is 18.2. The van der Waals surface area contributed by atoms with Gasteiger partial charge in [0.25, 0.3) is 11.8 Å². The molecular weight excluding hydrogens is 399 g/mol. The molecule has 1 aliphatic heterocycles. The van der Waals surface area contributed by atoms with Crippen molar-refractivity contribution in [2.75, 3.05) is 0 Å². The van der Waals surface area contributed by atoms with Gasteiger partial charge in [0.05, 0.1) is 15.0 Å². The van der Waals surface area contributed by atoms with E-state index in [0.29, 0.717) is 26.1 Å². The number of hydrogen-bond donors (Lipinski definition) is 1. The highest BCUT2D eigenvalue weighted by Gasteiger charge is 2.33. The van der Waals surface area contributed by atoms with Crippen LogP contribution in [0.2, 0.25) is 10.0 Å². The van der Waals surface area contributed by atoms with Crippen LogP contribution in [-0.2, 0) is 4.79 Å². The van der Waals surface area contributed by atoms with Gasteiger partial charge < -0.3 is 0 Å². The first kappa shape index (κ1) is 17.9. The van der Waals surface area contributed by atoms with Gasteiger partial charge in [-0.3, -0.25) is 15.0 Å². The van der Waals surface area contributed by atoms with E-state index in [0.717, 1.165) is 16.8 Å². The highest BCUT2D eigenvalue weighted by Crippen LogP contribution is 2.32. The number of hydrogen-bond acceptors (Lipinski definition) is 4. The Morgan fingerprint density at radius 3 is 2.52 bits per heavy atom. The number of carbonyl (C=O) groups is 2. The first-order chi connectivity index (χ1) is 12.0. The Hall–Kier alpha value is -1.86. The Bertz CT molecular complexity index is 901. The largest absolute Gasteiger partial charge is 0.285 e. The van der Waals surface area contributed by atoms with Gasteiger partial charge in [0.2, 0.25) is 0 Å². The summed E-state index contributed by atoms with van der Waals surface area (Å²) in [5, 5.41) is 1.89. The third-order valence-corrected chi connectivity index (χ3v) is 5.33. The minimum atomic E-state index is -0.410. The van der Waals surface area contributed by atoms with Crippen LogP contribution in [0.3, 0.4) is 0 Å². The molecule has 0 aromatic heterocycles. The number of hydrazine groups is 1. The summed E-state index contributed by atoms with van der Waals surface area (Å²) in [6, 6.07) is 13.6. The van der Waals surface area contributed by atoms with E-state index in [4.69, 9.17) is 35.4 Å². The highest BCUT2D eigenvalue weighted by molar-refractivity contribution is 8.26. The maximum Gasteiger partial charge on any atom is 0.285 e. The maximum absolute atomic E-state index is 12.5. The minimum absolute atomic E-state index is 0.251. The van der Waals surface area contributed by atoms with Gasteiger partial charge in [0.1, 0.15) is 0 Å². The van der Waals surface area contributed by atoms with Crippen molar-refractivity contribution in [2.45, 2.75) is 0 Å². The number of halogens is 2. The van der Waals surface area contributed by atoms with Crippen molar-refractivity contribution in [1.82, 2.24) is 10.4 Å². The molecule has 1 N–H and O–H groups in total. The van der Waals surface area contributed by atoms with Gasteiger partial charge in [-0.15, -0.1) is 0 Å². The zero-order chi connectivity index (χ0) is 18.0. The lowest BCUT2D eigenvalue weighted by Crippen LogP contribution is -2.44. The quantitative estimate of drug-likeness (QED) is 0.598. The van der Waals surface area contributed by atoms with Crippen molar-refractivity contribution >= 4 is 69.4 Å². The Morgan fingerprint density at radius 1 is 1.12 bits per heavy atom. The second-order valence-corrected chi connectivity index (χ2v) is 7.49. The zero-order valence-corrected chi connectivity index (χ0v) is 15.7. The van der Waals surface area contributed by atoms with E-state index >= 15 is 0 Å². The number of thioether (sulfide) groups is 1. The summed E-state index contributed by atoms with van der Waals surface area (Å²) in [7, 11) is 0. The van der Waals surface area contributed by atoms with Crippen LogP contribution in [0, 0.1) is 0 Å². The van der Waals surface area contributed by atoms with Crippen LogP contribution in [0.15, 0.2) is 53.4 Å². The Morgan fingerprint density at radius 2 is 1.84 bits per heavy atom. The second-order valence-electron chi connectivity index (χ2n) is 5.00. The number of thiocarbonyl (C=S) groups is 1. The second kappa shape index (κ2) is 7.58. The lowest BCUT2D eigenvalue weighted by Gasteiger charge is -2.15. The fraction of sp³-hybridized carbons (Fsp3) is 0. The summed E-state index contributed by atoms with van der Waals surface area (Å²) in [4.78, 5) is 25.1. The summed E-state index contributed by atoms with van der Waals surface area (Å²) < 4.78 is 0.251. The summed E-state index contributed by atoms with van der Waals surface area (Å²) in [6.07, 6.45) is 1.65. The van der Waals surface area contributed by atoms with Gasteiger partial charge >= 0.3 is 0 Å². The molecule has 0 atom stereocenters. The monoisotopic (exact) mass is 408 g/mol. The molecule has 0 bridgehead atoms. The van der Waals surface area contributed by atoms with E-state index in [9.17, 15) is 9.59 Å². The van der Waals surface area contributed by atoms with E-state index in [1.165, 1.54) is 0 Å². The van der Waals surface area contributed by atoms with Crippen LogP contribution in [-0.4, -0.2) is 21.1 Å². The summed E-state index contributed by atoms with van der Waals surface area (Å²) in [5.74, 6) is -0.807. The lowest BCUT2D eigenvalue weighted by molar-refractivity contribution is -0.123. The lowest BCUT2D eigenvalue weighted by atomic mass is 10.2.